The van der Waals surface area contributed by atoms with Gasteiger partial charge in [0.2, 0.25) is 10.0 Å². The Hall–Kier alpha value is -2.23. The molecule has 3 aromatic rings. The maximum Gasteiger partial charge on any atom is 0.242 e. The van der Waals surface area contributed by atoms with E-state index in [4.69, 9.17) is 32.4 Å². The summed E-state index contributed by atoms with van der Waals surface area (Å²) >= 11 is 12.3. The zero-order chi connectivity index (χ0) is 24.3. The van der Waals surface area contributed by atoms with E-state index in [0.29, 0.717) is 16.3 Å². The molecule has 0 spiro atoms. The minimum Gasteiger partial charge on any atom is -0.497 e. The average molecular weight is 524 g/mol. The number of rotatable bonds is 8. The summed E-state index contributed by atoms with van der Waals surface area (Å²) in [4.78, 5) is 4.55. The third kappa shape index (κ3) is 5.53. The van der Waals surface area contributed by atoms with Crippen molar-refractivity contribution in [3.05, 3.63) is 76.2 Å². The van der Waals surface area contributed by atoms with Gasteiger partial charge in [0.15, 0.2) is 0 Å². The Kier molecular flexibility index (Phi) is 7.74. The third-order valence-corrected chi connectivity index (χ3v) is 8.33. The normalized spacial score (nSPS) is 15.9. The average Bonchev–Trinajstić information content (AvgIpc) is 3.36. The summed E-state index contributed by atoms with van der Waals surface area (Å²) in [6, 6.07) is 14.4. The van der Waals surface area contributed by atoms with E-state index < -0.39 is 10.0 Å². The standard InChI is InChI=1S/C24H27Cl2N3O4S/c1-17-14-24(21(26)15-20(17)25)34(30,31)27-16-22(23-4-3-13-33-23)29-11-9-28(10-12-29)18-5-7-19(32-2)8-6-18/h3-8,13-15,22,27H,9-12,16H2,1-2H3. The van der Waals surface area contributed by atoms with Crippen LogP contribution in [0.5, 0.6) is 5.75 Å². The first-order valence-electron chi connectivity index (χ1n) is 10.9. The van der Waals surface area contributed by atoms with E-state index in [9.17, 15) is 8.42 Å². The Bertz CT molecular complexity index is 1210. The van der Waals surface area contributed by atoms with Gasteiger partial charge in [-0.05, 0) is 61.0 Å². The maximum absolute atomic E-state index is 13.1. The van der Waals surface area contributed by atoms with E-state index >= 15 is 0 Å². The number of furan rings is 1. The van der Waals surface area contributed by atoms with Gasteiger partial charge in [0.25, 0.3) is 0 Å². The van der Waals surface area contributed by atoms with Gasteiger partial charge >= 0.3 is 0 Å². The molecule has 34 heavy (non-hydrogen) atoms. The number of hydrogen-bond acceptors (Lipinski definition) is 6. The largest absolute Gasteiger partial charge is 0.497 e. The molecule has 2 aromatic carbocycles. The fourth-order valence-electron chi connectivity index (χ4n) is 4.08. The summed E-state index contributed by atoms with van der Waals surface area (Å²) < 4.78 is 39.7. The Balaban J connectivity index is 1.46. The second kappa shape index (κ2) is 10.6. The fourth-order valence-corrected chi connectivity index (χ4v) is 5.95. The predicted octanol–water partition coefficient (Wildman–Crippen LogP) is 4.75. The van der Waals surface area contributed by atoms with E-state index in [0.717, 1.165) is 37.6 Å². The molecule has 2 heterocycles. The Labute approximate surface area is 210 Å². The smallest absolute Gasteiger partial charge is 0.242 e. The lowest BCUT2D eigenvalue weighted by atomic mass is 10.1. The SMILES string of the molecule is COc1ccc(N2CCN(C(CNS(=O)(=O)c3cc(C)c(Cl)cc3Cl)c3ccco3)CC2)cc1. The minimum absolute atomic E-state index is 0.0126. The maximum atomic E-state index is 13.1. The van der Waals surface area contributed by atoms with E-state index in [1.807, 2.05) is 36.4 Å². The van der Waals surface area contributed by atoms with Gasteiger partial charge < -0.3 is 14.1 Å². The van der Waals surface area contributed by atoms with Crippen LogP contribution in [0.3, 0.4) is 0 Å². The number of ether oxygens (including phenoxy) is 1. The molecule has 1 aromatic heterocycles. The van der Waals surface area contributed by atoms with E-state index in [1.165, 1.54) is 12.1 Å². The molecule has 0 bridgehead atoms. The van der Waals surface area contributed by atoms with Crippen molar-refractivity contribution in [1.29, 1.82) is 0 Å². The van der Waals surface area contributed by atoms with Crippen LogP contribution >= 0.6 is 23.2 Å². The van der Waals surface area contributed by atoms with Crippen molar-refractivity contribution in [2.24, 2.45) is 0 Å². The van der Waals surface area contributed by atoms with Crippen LogP contribution in [0.15, 0.2) is 64.1 Å². The summed E-state index contributed by atoms with van der Waals surface area (Å²) in [5.41, 5.74) is 1.77. The number of hydrogen-bond donors (Lipinski definition) is 1. The van der Waals surface area contributed by atoms with Crippen molar-refractivity contribution in [3.8, 4) is 5.75 Å². The highest BCUT2D eigenvalue weighted by Crippen LogP contribution is 2.29. The molecule has 0 radical (unpaired) electrons. The van der Waals surface area contributed by atoms with Crippen LogP contribution < -0.4 is 14.4 Å². The van der Waals surface area contributed by atoms with Crippen molar-refractivity contribution < 1.29 is 17.6 Å². The summed E-state index contributed by atoms with van der Waals surface area (Å²) in [5.74, 6) is 1.53. The highest BCUT2D eigenvalue weighted by molar-refractivity contribution is 7.89. The van der Waals surface area contributed by atoms with Gasteiger partial charge in [-0.25, -0.2) is 13.1 Å². The number of halogens is 2. The van der Waals surface area contributed by atoms with Gasteiger partial charge in [-0.15, -0.1) is 0 Å². The van der Waals surface area contributed by atoms with Crippen molar-refractivity contribution in [2.45, 2.75) is 17.9 Å². The van der Waals surface area contributed by atoms with Crippen molar-refractivity contribution in [2.75, 3.05) is 44.7 Å². The monoisotopic (exact) mass is 523 g/mol. The summed E-state index contributed by atoms with van der Waals surface area (Å²) in [6.45, 7) is 5.00. The lowest BCUT2D eigenvalue weighted by molar-refractivity contribution is 0.166. The van der Waals surface area contributed by atoms with Crippen LogP contribution in [-0.2, 0) is 10.0 Å². The Morgan fingerprint density at radius 1 is 1.06 bits per heavy atom. The van der Waals surface area contributed by atoms with Crippen molar-refractivity contribution in [3.63, 3.8) is 0 Å². The first-order valence-corrected chi connectivity index (χ1v) is 13.1. The van der Waals surface area contributed by atoms with Crippen molar-refractivity contribution in [1.82, 2.24) is 9.62 Å². The lowest BCUT2D eigenvalue weighted by Crippen LogP contribution is -2.49. The molecule has 7 nitrogen and oxygen atoms in total. The van der Waals surface area contributed by atoms with Gasteiger partial charge in [0.05, 0.1) is 24.4 Å². The fraction of sp³-hybridized carbons (Fsp3) is 0.333. The molecule has 1 N–H and O–H groups in total. The van der Waals surface area contributed by atoms with E-state index in [1.54, 1.807) is 20.3 Å². The Morgan fingerprint density at radius 2 is 1.76 bits per heavy atom. The van der Waals surface area contributed by atoms with Crippen LogP contribution in [0.2, 0.25) is 10.0 Å². The summed E-state index contributed by atoms with van der Waals surface area (Å²) in [5, 5.41) is 0.512. The number of anilines is 1. The van der Waals surface area contributed by atoms with E-state index in [-0.39, 0.29) is 22.5 Å². The number of piperazine rings is 1. The number of aryl methyl sites for hydroxylation is 1. The molecule has 1 unspecified atom stereocenters. The summed E-state index contributed by atoms with van der Waals surface area (Å²) in [6.07, 6.45) is 1.60. The van der Waals surface area contributed by atoms with Gasteiger partial charge in [0.1, 0.15) is 16.4 Å². The van der Waals surface area contributed by atoms with Crippen molar-refractivity contribution >= 4 is 38.9 Å². The number of methoxy groups -OCH3 is 1. The molecule has 182 valence electrons. The zero-order valence-corrected chi connectivity index (χ0v) is 21.3. The molecule has 0 amide bonds. The topological polar surface area (TPSA) is 75.0 Å². The minimum atomic E-state index is -3.85. The molecule has 1 saturated heterocycles. The molecule has 4 rings (SSSR count). The first-order chi connectivity index (χ1) is 16.3. The molecule has 1 aliphatic rings. The third-order valence-electron chi connectivity index (χ3n) is 6.03. The van der Waals surface area contributed by atoms with Crippen LogP contribution in [0.25, 0.3) is 0 Å². The Morgan fingerprint density at radius 3 is 2.38 bits per heavy atom. The van der Waals surface area contributed by atoms with E-state index in [2.05, 4.69) is 14.5 Å². The molecule has 1 fully saturated rings. The molecule has 1 atom stereocenters. The van der Waals surface area contributed by atoms with Crippen LogP contribution in [-0.4, -0.2) is 53.2 Å². The predicted molar refractivity (Wildman–Crippen MR) is 135 cm³/mol. The van der Waals surface area contributed by atoms with Crippen LogP contribution in [0.4, 0.5) is 5.69 Å². The highest BCUT2D eigenvalue weighted by atomic mass is 35.5. The zero-order valence-electron chi connectivity index (χ0n) is 19.0. The second-order valence-corrected chi connectivity index (χ2v) is 10.7. The molecule has 0 saturated carbocycles. The molecule has 0 aliphatic carbocycles. The number of benzene rings is 2. The number of nitrogens with one attached hydrogen (secondary N) is 1. The lowest BCUT2D eigenvalue weighted by Gasteiger charge is -2.39. The number of nitrogens with zero attached hydrogens (tertiary/aromatic N) is 2. The quantitative estimate of drug-likeness (QED) is 0.459. The first kappa shape index (κ1) is 24.9. The van der Waals surface area contributed by atoms with Crippen LogP contribution in [0.1, 0.15) is 17.4 Å². The second-order valence-electron chi connectivity index (χ2n) is 8.14. The van der Waals surface area contributed by atoms with Gasteiger partial charge in [-0.3, -0.25) is 4.90 Å². The molecule has 10 heteroatoms. The van der Waals surface area contributed by atoms with Gasteiger partial charge in [-0.2, -0.15) is 0 Å². The highest BCUT2D eigenvalue weighted by Gasteiger charge is 2.29. The van der Waals surface area contributed by atoms with Crippen LogP contribution in [0, 0.1) is 6.92 Å². The molecule has 1 aliphatic heterocycles. The van der Waals surface area contributed by atoms with Gasteiger partial charge in [-0.1, -0.05) is 23.2 Å². The molecular weight excluding hydrogens is 497 g/mol. The molecular formula is C24H27Cl2N3O4S. The van der Waals surface area contributed by atoms with Gasteiger partial charge in [0, 0.05) is 43.4 Å². The summed E-state index contributed by atoms with van der Waals surface area (Å²) in [7, 11) is -2.19. The number of sulfonamides is 1.